The highest BCUT2D eigenvalue weighted by molar-refractivity contribution is 7.80. The molecular weight excluding hydrogens is 338 g/mol. The fourth-order valence-electron chi connectivity index (χ4n) is 1.89. The zero-order chi connectivity index (χ0) is 18.7. The van der Waals surface area contributed by atoms with Gasteiger partial charge in [-0.25, -0.2) is 0 Å². The Bertz CT molecular complexity index is 573. The monoisotopic (exact) mass is 365 g/mol. The predicted octanol–water partition coefficient (Wildman–Crippen LogP) is 2.94. The van der Waals surface area contributed by atoms with Crippen molar-refractivity contribution in [1.82, 2.24) is 16.2 Å². The van der Waals surface area contributed by atoms with Gasteiger partial charge < -0.3 is 10.1 Å². The predicted molar refractivity (Wildman–Crippen MR) is 102 cm³/mol. The smallest absolute Gasteiger partial charge is 0.269 e. The summed E-state index contributed by atoms with van der Waals surface area (Å²) in [5.74, 6) is -0.0199. The van der Waals surface area contributed by atoms with Crippen molar-refractivity contribution in [1.29, 1.82) is 0 Å². The zero-order valence-corrected chi connectivity index (χ0v) is 15.9. The molecule has 0 aliphatic rings. The second-order valence-electron chi connectivity index (χ2n) is 5.99. The van der Waals surface area contributed by atoms with Gasteiger partial charge in [0.2, 0.25) is 5.91 Å². The van der Waals surface area contributed by atoms with E-state index in [1.165, 1.54) is 12.8 Å². The van der Waals surface area contributed by atoms with Crippen LogP contribution >= 0.6 is 12.2 Å². The number of hydrogen-bond acceptors (Lipinski definition) is 4. The van der Waals surface area contributed by atoms with E-state index >= 15 is 0 Å². The number of ether oxygens (including phenoxy) is 1. The van der Waals surface area contributed by atoms with E-state index in [0.717, 1.165) is 18.6 Å². The van der Waals surface area contributed by atoms with Crippen LogP contribution in [0.25, 0.3) is 0 Å². The molecular formula is C18H27N3O3S. The molecule has 0 aromatic heterocycles. The van der Waals surface area contributed by atoms with Crippen molar-refractivity contribution in [2.45, 2.75) is 46.5 Å². The Morgan fingerprint density at radius 1 is 1.08 bits per heavy atom. The molecule has 1 aromatic carbocycles. The number of amides is 2. The molecule has 2 amide bonds. The number of hydrogen-bond donors (Lipinski definition) is 3. The van der Waals surface area contributed by atoms with Gasteiger partial charge in [0.25, 0.3) is 5.91 Å². The number of carbonyl (C=O) groups excluding carboxylic acids is 2. The standard InChI is InChI=1S/C18H27N3O3S/c1-4-5-6-7-12-24-15-10-8-14(9-11-15)17(23)20-21-18(25)19-16(22)13(2)3/h8-11,13H,4-7,12H2,1-3H3,(H,20,23)(H2,19,21,22,25). The molecule has 0 radical (unpaired) electrons. The number of nitrogens with one attached hydrogen (secondary N) is 3. The number of unbranched alkanes of at least 4 members (excludes halogenated alkanes) is 3. The van der Waals surface area contributed by atoms with E-state index in [1.807, 2.05) is 0 Å². The summed E-state index contributed by atoms with van der Waals surface area (Å²) >= 11 is 4.94. The van der Waals surface area contributed by atoms with Crippen LogP contribution in [0.5, 0.6) is 5.75 Å². The van der Waals surface area contributed by atoms with Crippen LogP contribution in [0.1, 0.15) is 56.8 Å². The van der Waals surface area contributed by atoms with E-state index in [1.54, 1.807) is 38.1 Å². The summed E-state index contributed by atoms with van der Waals surface area (Å²) in [4.78, 5) is 23.5. The van der Waals surface area contributed by atoms with E-state index in [-0.39, 0.29) is 22.8 Å². The highest BCUT2D eigenvalue weighted by atomic mass is 32.1. The number of hydrazine groups is 1. The topological polar surface area (TPSA) is 79.5 Å². The van der Waals surface area contributed by atoms with Crippen molar-refractivity contribution in [3.05, 3.63) is 29.8 Å². The van der Waals surface area contributed by atoms with E-state index in [9.17, 15) is 9.59 Å². The molecule has 1 rings (SSSR count). The van der Waals surface area contributed by atoms with Gasteiger partial charge in [-0.1, -0.05) is 40.0 Å². The second kappa shape index (κ2) is 11.4. The van der Waals surface area contributed by atoms with Crippen LogP contribution in [0, 0.1) is 5.92 Å². The number of benzene rings is 1. The first kappa shape index (κ1) is 20.9. The molecule has 7 heteroatoms. The molecule has 0 bridgehead atoms. The van der Waals surface area contributed by atoms with Crippen LogP contribution in [-0.2, 0) is 4.79 Å². The lowest BCUT2D eigenvalue weighted by Crippen LogP contribution is -2.49. The molecule has 0 spiro atoms. The minimum Gasteiger partial charge on any atom is -0.494 e. The molecule has 0 saturated heterocycles. The third-order valence-electron chi connectivity index (χ3n) is 3.43. The van der Waals surface area contributed by atoms with Gasteiger partial charge in [-0.15, -0.1) is 0 Å². The lowest BCUT2D eigenvalue weighted by Gasteiger charge is -2.12. The van der Waals surface area contributed by atoms with Crippen molar-refractivity contribution >= 4 is 29.1 Å². The molecule has 25 heavy (non-hydrogen) atoms. The second-order valence-corrected chi connectivity index (χ2v) is 6.39. The number of carbonyl (C=O) groups is 2. The van der Waals surface area contributed by atoms with Crippen molar-refractivity contribution in [3.63, 3.8) is 0 Å². The molecule has 0 aliphatic carbocycles. The summed E-state index contributed by atoms with van der Waals surface area (Å²) in [6.45, 7) is 6.36. The van der Waals surface area contributed by atoms with Gasteiger partial charge in [0, 0.05) is 11.5 Å². The van der Waals surface area contributed by atoms with Gasteiger partial charge in [0.1, 0.15) is 5.75 Å². The third-order valence-corrected chi connectivity index (χ3v) is 3.64. The molecule has 138 valence electrons. The van der Waals surface area contributed by atoms with Gasteiger partial charge in [0.05, 0.1) is 6.61 Å². The third kappa shape index (κ3) is 8.49. The highest BCUT2D eigenvalue weighted by Gasteiger charge is 2.10. The summed E-state index contributed by atoms with van der Waals surface area (Å²) in [5.41, 5.74) is 5.41. The minimum atomic E-state index is -0.351. The van der Waals surface area contributed by atoms with Crippen LogP contribution in [-0.4, -0.2) is 23.5 Å². The first-order chi connectivity index (χ1) is 11.9. The van der Waals surface area contributed by atoms with Crippen LogP contribution in [0.4, 0.5) is 0 Å². The Hall–Kier alpha value is -2.15. The van der Waals surface area contributed by atoms with Crippen LogP contribution in [0.15, 0.2) is 24.3 Å². The fourth-order valence-corrected chi connectivity index (χ4v) is 2.05. The van der Waals surface area contributed by atoms with Crippen LogP contribution in [0.2, 0.25) is 0 Å². The SMILES string of the molecule is CCCCCCOc1ccc(C(=O)NNC(=S)NC(=O)C(C)C)cc1. The summed E-state index contributed by atoms with van der Waals surface area (Å²) in [5, 5.41) is 2.53. The van der Waals surface area contributed by atoms with Gasteiger partial charge in [0.15, 0.2) is 5.11 Å². The molecule has 0 atom stereocenters. The number of rotatable bonds is 8. The summed E-state index contributed by atoms with van der Waals surface area (Å²) in [7, 11) is 0. The van der Waals surface area contributed by atoms with E-state index in [0.29, 0.717) is 12.2 Å². The maximum absolute atomic E-state index is 12.0. The van der Waals surface area contributed by atoms with Crippen molar-refractivity contribution < 1.29 is 14.3 Å². The average molecular weight is 365 g/mol. The Morgan fingerprint density at radius 2 is 1.76 bits per heavy atom. The van der Waals surface area contributed by atoms with Gasteiger partial charge >= 0.3 is 0 Å². The zero-order valence-electron chi connectivity index (χ0n) is 15.1. The number of thiocarbonyl (C=S) groups is 1. The summed E-state index contributed by atoms with van der Waals surface area (Å²) in [6.07, 6.45) is 4.60. The molecule has 0 saturated carbocycles. The largest absolute Gasteiger partial charge is 0.494 e. The quantitative estimate of drug-likeness (QED) is 0.375. The molecule has 0 heterocycles. The molecule has 0 unspecified atom stereocenters. The Balaban J connectivity index is 2.36. The average Bonchev–Trinajstić information content (AvgIpc) is 2.60. The van der Waals surface area contributed by atoms with E-state index < -0.39 is 0 Å². The Kier molecular flexibility index (Phi) is 9.54. The molecule has 6 nitrogen and oxygen atoms in total. The van der Waals surface area contributed by atoms with Crippen LogP contribution < -0.4 is 20.9 Å². The minimum absolute atomic E-state index is 0.0547. The Labute approximate surface area is 154 Å². The van der Waals surface area contributed by atoms with E-state index in [4.69, 9.17) is 17.0 Å². The highest BCUT2D eigenvalue weighted by Crippen LogP contribution is 2.13. The molecule has 3 N–H and O–H groups in total. The normalized spacial score (nSPS) is 10.2. The van der Waals surface area contributed by atoms with Gasteiger partial charge in [-0.2, -0.15) is 0 Å². The van der Waals surface area contributed by atoms with Crippen molar-refractivity contribution in [2.24, 2.45) is 5.92 Å². The van der Waals surface area contributed by atoms with Crippen LogP contribution in [0.3, 0.4) is 0 Å². The maximum Gasteiger partial charge on any atom is 0.269 e. The summed E-state index contributed by atoms with van der Waals surface area (Å²) in [6, 6.07) is 6.86. The molecule has 1 aromatic rings. The van der Waals surface area contributed by atoms with E-state index in [2.05, 4.69) is 23.1 Å². The van der Waals surface area contributed by atoms with Gasteiger partial charge in [-0.3, -0.25) is 20.4 Å². The lowest BCUT2D eigenvalue weighted by atomic mass is 10.2. The molecule has 0 aliphatic heterocycles. The fraction of sp³-hybridized carbons (Fsp3) is 0.500. The Morgan fingerprint density at radius 3 is 2.36 bits per heavy atom. The lowest BCUT2D eigenvalue weighted by molar-refractivity contribution is -0.122. The summed E-state index contributed by atoms with van der Waals surface area (Å²) < 4.78 is 5.64. The van der Waals surface area contributed by atoms with Gasteiger partial charge in [-0.05, 0) is 42.9 Å². The molecule has 0 fully saturated rings. The van der Waals surface area contributed by atoms with Crippen molar-refractivity contribution in [2.75, 3.05) is 6.61 Å². The first-order valence-corrected chi connectivity index (χ1v) is 8.99. The maximum atomic E-state index is 12.0. The van der Waals surface area contributed by atoms with Crippen molar-refractivity contribution in [3.8, 4) is 5.75 Å². The first-order valence-electron chi connectivity index (χ1n) is 8.58.